The highest BCUT2D eigenvalue weighted by Crippen LogP contribution is 2.29. The third-order valence-electron chi connectivity index (χ3n) is 8.42. The molecule has 9 nitrogen and oxygen atoms in total. The number of aliphatic hydroxyl groups excluding tert-OH is 1. The predicted molar refractivity (Wildman–Crippen MR) is 183 cm³/mol. The van der Waals surface area contributed by atoms with Crippen LogP contribution in [-0.2, 0) is 5.75 Å². The number of anilines is 2. The van der Waals surface area contributed by atoms with E-state index >= 15 is 0 Å². The van der Waals surface area contributed by atoms with Gasteiger partial charge >= 0.3 is 0 Å². The molecule has 0 bridgehead atoms. The molecule has 2 aliphatic rings. The minimum Gasteiger partial charge on any atom is -0.497 e. The summed E-state index contributed by atoms with van der Waals surface area (Å²) in [5.74, 6) is 1.37. The summed E-state index contributed by atoms with van der Waals surface area (Å²) in [6.45, 7) is 4.36. The van der Waals surface area contributed by atoms with Crippen LogP contribution in [0.15, 0.2) is 71.8 Å². The number of nitrogens with one attached hydrogen (secondary N) is 2. The smallest absolute Gasteiger partial charge is 0.273 e. The van der Waals surface area contributed by atoms with Gasteiger partial charge in [-0.2, -0.15) is 16.9 Å². The van der Waals surface area contributed by atoms with Crippen LogP contribution < -0.4 is 20.4 Å². The molecule has 3 aromatic rings. The number of benzene rings is 3. The molecular weight excluding hydrogens is 586 g/mol. The minimum atomic E-state index is -0.408. The standard InChI is InChI=1S/C35H43N5O4S/c1-44-31-11-8-26(9-12-31)24-36-38-35(43)32-23-30(40-18-14-29(15-19-40)39-16-3-2-4-17-39)10-13-33(32)37-34(42)28-7-5-6-27(22-28)25-45-21-20-41/h5-13,22-24,29,41H,2-4,14-21,25H2,1H3,(H,37,42)(H,38,43)/b36-24+. The quantitative estimate of drug-likeness (QED) is 0.140. The lowest BCUT2D eigenvalue weighted by Gasteiger charge is -2.41. The van der Waals surface area contributed by atoms with E-state index in [0.717, 1.165) is 48.5 Å². The first kappa shape index (κ1) is 32.5. The lowest BCUT2D eigenvalue weighted by Crippen LogP contribution is -2.46. The molecule has 0 aromatic heterocycles. The molecule has 0 saturated carbocycles. The maximum Gasteiger partial charge on any atom is 0.273 e. The van der Waals surface area contributed by atoms with Crippen molar-refractivity contribution in [2.24, 2.45) is 5.10 Å². The number of hydrazone groups is 1. The van der Waals surface area contributed by atoms with Crippen molar-refractivity contribution in [1.82, 2.24) is 10.3 Å². The lowest BCUT2D eigenvalue weighted by atomic mass is 9.99. The van der Waals surface area contributed by atoms with Gasteiger partial charge in [0, 0.05) is 41.9 Å². The third-order valence-corrected chi connectivity index (χ3v) is 9.43. The molecular formula is C35H43N5O4S. The van der Waals surface area contributed by atoms with Crippen molar-refractivity contribution in [2.45, 2.75) is 43.9 Å². The van der Waals surface area contributed by atoms with Crippen molar-refractivity contribution in [1.29, 1.82) is 0 Å². The van der Waals surface area contributed by atoms with Crippen LogP contribution in [0.4, 0.5) is 11.4 Å². The Balaban J connectivity index is 1.32. The van der Waals surface area contributed by atoms with Crippen molar-refractivity contribution in [3.8, 4) is 5.75 Å². The third kappa shape index (κ3) is 9.09. The number of methoxy groups -OCH3 is 1. The molecule has 5 rings (SSSR count). The van der Waals surface area contributed by atoms with Crippen LogP contribution in [0.1, 0.15) is 63.9 Å². The number of ether oxygens (including phenoxy) is 1. The van der Waals surface area contributed by atoms with E-state index in [4.69, 9.17) is 9.84 Å². The zero-order chi connectivity index (χ0) is 31.4. The summed E-state index contributed by atoms with van der Waals surface area (Å²) in [6, 6.07) is 21.0. The molecule has 3 N–H and O–H groups in total. The molecule has 10 heteroatoms. The van der Waals surface area contributed by atoms with Crippen LogP contribution >= 0.6 is 11.8 Å². The Morgan fingerprint density at radius 3 is 2.49 bits per heavy atom. The van der Waals surface area contributed by atoms with Gasteiger partial charge in [0.15, 0.2) is 0 Å². The first-order valence-electron chi connectivity index (χ1n) is 15.7. The molecule has 0 unspecified atom stereocenters. The first-order chi connectivity index (χ1) is 22.0. The van der Waals surface area contributed by atoms with Gasteiger partial charge in [0.05, 0.1) is 31.2 Å². The molecule has 2 saturated heterocycles. The number of aliphatic hydroxyl groups is 1. The van der Waals surface area contributed by atoms with Gasteiger partial charge in [-0.25, -0.2) is 5.43 Å². The second kappa shape index (κ2) is 16.5. The Kier molecular flexibility index (Phi) is 11.9. The van der Waals surface area contributed by atoms with Gasteiger partial charge < -0.3 is 25.0 Å². The molecule has 0 aliphatic carbocycles. The molecule has 238 valence electrons. The van der Waals surface area contributed by atoms with Crippen molar-refractivity contribution >= 4 is 41.2 Å². The normalized spacial score (nSPS) is 16.1. The fraction of sp³-hybridized carbons (Fsp3) is 0.400. The van der Waals surface area contributed by atoms with Crippen molar-refractivity contribution in [3.05, 3.63) is 89.0 Å². The van der Waals surface area contributed by atoms with Gasteiger partial charge in [0.2, 0.25) is 0 Å². The zero-order valence-electron chi connectivity index (χ0n) is 25.9. The molecule has 3 aromatic carbocycles. The predicted octanol–water partition coefficient (Wildman–Crippen LogP) is 5.39. The van der Waals surface area contributed by atoms with Gasteiger partial charge in [-0.1, -0.05) is 18.6 Å². The van der Waals surface area contributed by atoms with Crippen molar-refractivity contribution in [2.75, 3.05) is 55.9 Å². The first-order valence-corrected chi connectivity index (χ1v) is 16.9. The van der Waals surface area contributed by atoms with E-state index in [2.05, 4.69) is 25.6 Å². The largest absolute Gasteiger partial charge is 0.497 e. The maximum absolute atomic E-state index is 13.5. The molecule has 2 heterocycles. The summed E-state index contributed by atoms with van der Waals surface area (Å²) in [6.07, 6.45) is 7.69. The van der Waals surface area contributed by atoms with Crippen LogP contribution in [-0.4, -0.2) is 79.7 Å². The number of carbonyl (C=O) groups is 2. The Morgan fingerprint density at radius 2 is 1.76 bits per heavy atom. The van der Waals surface area contributed by atoms with Gasteiger partial charge in [0.25, 0.3) is 11.8 Å². The summed E-state index contributed by atoms with van der Waals surface area (Å²) in [4.78, 5) is 31.9. The number of nitrogens with zero attached hydrogens (tertiary/aromatic N) is 3. The zero-order valence-corrected chi connectivity index (χ0v) is 26.7. The van der Waals surface area contributed by atoms with E-state index in [1.807, 2.05) is 60.7 Å². The fourth-order valence-corrected chi connectivity index (χ4v) is 6.65. The average molecular weight is 630 g/mol. The van der Waals surface area contributed by atoms with E-state index in [-0.39, 0.29) is 12.5 Å². The van der Waals surface area contributed by atoms with Crippen LogP contribution in [0.3, 0.4) is 0 Å². The Labute approximate surface area is 270 Å². The van der Waals surface area contributed by atoms with Gasteiger partial charge in [-0.3, -0.25) is 9.59 Å². The Morgan fingerprint density at radius 1 is 0.978 bits per heavy atom. The van der Waals surface area contributed by atoms with E-state index in [1.165, 1.54) is 32.4 Å². The second-order valence-corrected chi connectivity index (χ2v) is 12.6. The Hall–Kier alpha value is -3.86. The van der Waals surface area contributed by atoms with Crippen LogP contribution in [0, 0.1) is 0 Å². The summed E-state index contributed by atoms with van der Waals surface area (Å²) < 4.78 is 5.21. The summed E-state index contributed by atoms with van der Waals surface area (Å²) >= 11 is 1.61. The lowest BCUT2D eigenvalue weighted by molar-refractivity contribution is 0.0956. The average Bonchev–Trinajstić information content (AvgIpc) is 3.09. The number of amides is 2. The molecule has 45 heavy (non-hydrogen) atoms. The molecule has 2 aliphatic heterocycles. The highest BCUT2D eigenvalue weighted by Gasteiger charge is 2.26. The SMILES string of the molecule is COc1ccc(/C=N/NC(=O)c2cc(N3CCC(N4CCCCC4)CC3)ccc2NC(=O)c2cccc(CSCCO)c2)cc1. The minimum absolute atomic E-state index is 0.117. The highest BCUT2D eigenvalue weighted by atomic mass is 32.2. The number of hydrogen-bond acceptors (Lipinski definition) is 8. The monoisotopic (exact) mass is 629 g/mol. The summed E-state index contributed by atoms with van der Waals surface area (Å²) in [7, 11) is 1.61. The van der Waals surface area contributed by atoms with Gasteiger partial charge in [0.1, 0.15) is 5.75 Å². The number of rotatable bonds is 12. The van der Waals surface area contributed by atoms with Crippen LogP contribution in [0.25, 0.3) is 0 Å². The molecule has 2 fully saturated rings. The number of carbonyl (C=O) groups excluding carboxylic acids is 2. The molecule has 0 spiro atoms. The van der Waals surface area contributed by atoms with Crippen molar-refractivity contribution in [3.63, 3.8) is 0 Å². The Bertz CT molecular complexity index is 1450. The number of thioether (sulfide) groups is 1. The molecule has 2 amide bonds. The van der Waals surface area contributed by atoms with Crippen LogP contribution in [0.2, 0.25) is 0 Å². The van der Waals surface area contributed by atoms with Crippen LogP contribution in [0.5, 0.6) is 5.75 Å². The van der Waals surface area contributed by atoms with E-state index in [1.54, 1.807) is 31.2 Å². The summed E-state index contributed by atoms with van der Waals surface area (Å²) in [5.41, 5.74) is 6.68. The fourth-order valence-electron chi connectivity index (χ4n) is 5.97. The van der Waals surface area contributed by atoms with E-state index < -0.39 is 5.91 Å². The highest BCUT2D eigenvalue weighted by molar-refractivity contribution is 7.98. The molecule has 0 radical (unpaired) electrons. The van der Waals surface area contributed by atoms with E-state index in [9.17, 15) is 9.59 Å². The summed E-state index contributed by atoms with van der Waals surface area (Å²) in [5, 5.41) is 16.2. The van der Waals surface area contributed by atoms with Crippen molar-refractivity contribution < 1.29 is 19.4 Å². The van der Waals surface area contributed by atoms with Gasteiger partial charge in [-0.05, 0) is 104 Å². The maximum atomic E-state index is 13.5. The number of likely N-dealkylation sites (tertiary alicyclic amines) is 1. The molecule has 0 atom stereocenters. The van der Waals surface area contributed by atoms with E-state index in [0.29, 0.717) is 34.4 Å². The topological polar surface area (TPSA) is 107 Å². The number of piperidine rings is 2. The second-order valence-electron chi connectivity index (χ2n) is 11.4. The number of hydrogen-bond donors (Lipinski definition) is 3. The van der Waals surface area contributed by atoms with Gasteiger partial charge in [-0.15, -0.1) is 0 Å².